The Morgan fingerprint density at radius 1 is 1.10 bits per heavy atom. The summed E-state index contributed by atoms with van der Waals surface area (Å²) in [5.74, 6) is -0.281. The van der Waals surface area contributed by atoms with Gasteiger partial charge in [0.05, 0.1) is 28.9 Å². The van der Waals surface area contributed by atoms with E-state index in [1.807, 2.05) is 0 Å². The van der Waals surface area contributed by atoms with Crippen LogP contribution in [0.4, 0.5) is 5.69 Å². The molecule has 0 radical (unpaired) electrons. The molecule has 1 amide bonds. The lowest BCUT2D eigenvalue weighted by atomic mass is 10.1. The molecule has 3 aromatic rings. The lowest BCUT2D eigenvalue weighted by molar-refractivity contribution is -0.117. The summed E-state index contributed by atoms with van der Waals surface area (Å²) < 4.78 is 5.79. The molecule has 0 aliphatic carbocycles. The molecule has 0 aliphatic rings. The van der Waals surface area contributed by atoms with Gasteiger partial charge in [-0.05, 0) is 49.4 Å². The van der Waals surface area contributed by atoms with E-state index in [1.54, 1.807) is 55.5 Å². The molecule has 0 aliphatic heterocycles. The van der Waals surface area contributed by atoms with Crippen LogP contribution >= 0.6 is 23.2 Å². The summed E-state index contributed by atoms with van der Waals surface area (Å²) >= 11 is 12.2. The van der Waals surface area contributed by atoms with Crippen LogP contribution in [0.5, 0.6) is 0 Å². The Kier molecular flexibility index (Phi) is 6.59. The number of furan rings is 1. The van der Waals surface area contributed by atoms with Crippen LogP contribution in [0.25, 0.3) is 11.3 Å². The van der Waals surface area contributed by atoms with Gasteiger partial charge in [0.2, 0.25) is 5.91 Å². The standard InChI is InChI=1S/C21H18Cl2N2O4/c1-12(20(26)25-18-5-3-2-4-15(18)21(27)28)24-11-14-7-9-19(29-14)16-10-13(22)6-8-17(16)23/h2-10,12,24H,11H2,1H3,(H,25,26)(H,27,28)/t12-/m1/s1. The number of carboxylic acids is 1. The highest BCUT2D eigenvalue weighted by Gasteiger charge is 2.17. The van der Waals surface area contributed by atoms with Crippen LogP contribution < -0.4 is 10.6 Å². The first kappa shape index (κ1) is 20.9. The maximum atomic E-state index is 12.4. The third-order valence-corrected chi connectivity index (χ3v) is 4.81. The van der Waals surface area contributed by atoms with E-state index in [4.69, 9.17) is 27.6 Å². The summed E-state index contributed by atoms with van der Waals surface area (Å²) in [7, 11) is 0. The van der Waals surface area contributed by atoms with Crippen LogP contribution in [-0.2, 0) is 11.3 Å². The number of rotatable bonds is 7. The number of aromatic carboxylic acids is 1. The van der Waals surface area contributed by atoms with Crippen LogP contribution in [0, 0.1) is 0 Å². The predicted molar refractivity (Wildman–Crippen MR) is 112 cm³/mol. The van der Waals surface area contributed by atoms with Gasteiger partial charge in [-0.15, -0.1) is 0 Å². The van der Waals surface area contributed by atoms with Gasteiger partial charge in [0.15, 0.2) is 0 Å². The van der Waals surface area contributed by atoms with Crippen molar-refractivity contribution in [3.05, 3.63) is 76.0 Å². The van der Waals surface area contributed by atoms with E-state index in [0.717, 1.165) is 0 Å². The number of halogens is 2. The second-order valence-corrected chi connectivity index (χ2v) is 7.18. The first-order valence-corrected chi connectivity index (χ1v) is 9.51. The molecule has 0 bridgehead atoms. The van der Waals surface area contributed by atoms with Gasteiger partial charge >= 0.3 is 5.97 Å². The van der Waals surface area contributed by atoms with Crippen LogP contribution in [0.3, 0.4) is 0 Å². The minimum Gasteiger partial charge on any atom is -0.478 e. The molecule has 1 atom stereocenters. The molecule has 29 heavy (non-hydrogen) atoms. The van der Waals surface area contributed by atoms with Crippen molar-refractivity contribution >= 4 is 40.8 Å². The fraction of sp³-hybridized carbons (Fsp3) is 0.143. The summed E-state index contributed by atoms with van der Waals surface area (Å²) in [6.45, 7) is 1.98. The largest absolute Gasteiger partial charge is 0.478 e. The highest BCUT2D eigenvalue weighted by atomic mass is 35.5. The molecular weight excluding hydrogens is 415 g/mol. The summed E-state index contributed by atoms with van der Waals surface area (Å²) in [6, 6.07) is 14.3. The Hall–Kier alpha value is -2.80. The smallest absolute Gasteiger partial charge is 0.337 e. The fourth-order valence-electron chi connectivity index (χ4n) is 2.67. The lowest BCUT2D eigenvalue weighted by Crippen LogP contribution is -2.37. The second-order valence-electron chi connectivity index (χ2n) is 6.33. The van der Waals surface area contributed by atoms with Gasteiger partial charge in [-0.25, -0.2) is 4.79 Å². The van der Waals surface area contributed by atoms with Gasteiger partial charge in [-0.3, -0.25) is 10.1 Å². The number of anilines is 1. The van der Waals surface area contributed by atoms with Crippen molar-refractivity contribution in [2.75, 3.05) is 5.32 Å². The SMILES string of the molecule is C[C@@H](NCc1ccc(-c2cc(Cl)ccc2Cl)o1)C(=O)Nc1ccccc1C(=O)O. The predicted octanol–water partition coefficient (Wildman–Crippen LogP) is 5.07. The Balaban J connectivity index is 1.62. The monoisotopic (exact) mass is 432 g/mol. The number of nitrogens with one attached hydrogen (secondary N) is 2. The highest BCUT2D eigenvalue weighted by molar-refractivity contribution is 6.35. The number of hydrogen-bond donors (Lipinski definition) is 3. The lowest BCUT2D eigenvalue weighted by Gasteiger charge is -2.14. The molecule has 0 unspecified atom stereocenters. The van der Waals surface area contributed by atoms with Crippen LogP contribution in [-0.4, -0.2) is 23.0 Å². The first-order chi connectivity index (χ1) is 13.8. The Bertz CT molecular complexity index is 1050. The van der Waals surface area contributed by atoms with E-state index < -0.39 is 12.0 Å². The summed E-state index contributed by atoms with van der Waals surface area (Å²) in [6.07, 6.45) is 0. The van der Waals surface area contributed by atoms with Gasteiger partial charge < -0.3 is 14.8 Å². The minimum absolute atomic E-state index is 0.0297. The van der Waals surface area contributed by atoms with E-state index in [0.29, 0.717) is 33.7 Å². The van der Waals surface area contributed by atoms with E-state index in [-0.39, 0.29) is 17.2 Å². The van der Waals surface area contributed by atoms with Crippen molar-refractivity contribution in [1.82, 2.24) is 5.32 Å². The third-order valence-electron chi connectivity index (χ3n) is 4.25. The van der Waals surface area contributed by atoms with Crippen LogP contribution in [0.15, 0.2) is 59.0 Å². The van der Waals surface area contributed by atoms with Crippen LogP contribution in [0.2, 0.25) is 10.0 Å². The third kappa shape index (κ3) is 5.17. The number of carbonyl (C=O) groups is 2. The van der Waals surface area contributed by atoms with Crippen molar-refractivity contribution in [3.63, 3.8) is 0 Å². The van der Waals surface area contributed by atoms with E-state index in [1.165, 1.54) is 6.07 Å². The van der Waals surface area contributed by atoms with Crippen molar-refractivity contribution < 1.29 is 19.1 Å². The summed E-state index contributed by atoms with van der Waals surface area (Å²) in [5.41, 5.74) is 0.957. The number of carbonyl (C=O) groups excluding carboxylic acids is 1. The number of amides is 1. The van der Waals surface area contributed by atoms with Gasteiger partial charge in [0.1, 0.15) is 11.5 Å². The Morgan fingerprint density at radius 2 is 1.86 bits per heavy atom. The van der Waals surface area contributed by atoms with Crippen molar-refractivity contribution in [1.29, 1.82) is 0 Å². The molecule has 2 aromatic carbocycles. The van der Waals surface area contributed by atoms with Crippen molar-refractivity contribution in [2.45, 2.75) is 19.5 Å². The van der Waals surface area contributed by atoms with Gasteiger partial charge in [-0.2, -0.15) is 0 Å². The maximum absolute atomic E-state index is 12.4. The number of carboxylic acid groups (broad SMARTS) is 1. The summed E-state index contributed by atoms with van der Waals surface area (Å²) in [4.78, 5) is 23.6. The molecule has 0 saturated carbocycles. The average molecular weight is 433 g/mol. The van der Waals surface area contributed by atoms with Gasteiger partial charge in [0, 0.05) is 10.6 Å². The average Bonchev–Trinajstić information content (AvgIpc) is 3.17. The Labute approximate surface area is 177 Å². The highest BCUT2D eigenvalue weighted by Crippen LogP contribution is 2.31. The molecule has 0 saturated heterocycles. The number of hydrogen-bond acceptors (Lipinski definition) is 4. The van der Waals surface area contributed by atoms with Crippen molar-refractivity contribution in [3.8, 4) is 11.3 Å². The molecule has 8 heteroatoms. The zero-order chi connectivity index (χ0) is 21.0. The minimum atomic E-state index is -1.11. The second kappa shape index (κ2) is 9.13. The normalized spacial score (nSPS) is 11.8. The maximum Gasteiger partial charge on any atom is 0.337 e. The van der Waals surface area contributed by atoms with E-state index in [9.17, 15) is 14.7 Å². The summed E-state index contributed by atoms with van der Waals surface area (Å²) in [5, 5.41) is 15.9. The van der Waals surface area contributed by atoms with Crippen molar-refractivity contribution in [2.24, 2.45) is 0 Å². The number of benzene rings is 2. The molecule has 3 rings (SSSR count). The first-order valence-electron chi connectivity index (χ1n) is 8.76. The molecule has 0 spiro atoms. The number of para-hydroxylation sites is 1. The molecule has 150 valence electrons. The molecule has 1 aromatic heterocycles. The molecule has 6 nitrogen and oxygen atoms in total. The van der Waals surface area contributed by atoms with E-state index in [2.05, 4.69) is 10.6 Å². The van der Waals surface area contributed by atoms with Gasteiger partial charge in [0.25, 0.3) is 0 Å². The quantitative estimate of drug-likeness (QED) is 0.484. The van der Waals surface area contributed by atoms with E-state index >= 15 is 0 Å². The molecular formula is C21H18Cl2N2O4. The molecule has 3 N–H and O–H groups in total. The fourth-order valence-corrected chi connectivity index (χ4v) is 3.05. The topological polar surface area (TPSA) is 91.6 Å². The zero-order valence-corrected chi connectivity index (χ0v) is 16.9. The zero-order valence-electron chi connectivity index (χ0n) is 15.4. The van der Waals surface area contributed by atoms with Crippen LogP contribution in [0.1, 0.15) is 23.0 Å². The Morgan fingerprint density at radius 3 is 2.62 bits per heavy atom. The molecule has 1 heterocycles. The molecule has 0 fully saturated rings. The van der Waals surface area contributed by atoms with Gasteiger partial charge in [-0.1, -0.05) is 35.3 Å².